The molecule has 1 N–H and O–H groups in total. The molecule has 0 unspecified atom stereocenters. The van der Waals surface area contributed by atoms with Crippen molar-refractivity contribution >= 4 is 11.3 Å². The van der Waals surface area contributed by atoms with Gasteiger partial charge < -0.3 is 5.11 Å². The van der Waals surface area contributed by atoms with E-state index in [2.05, 4.69) is 42.7 Å². The van der Waals surface area contributed by atoms with Crippen molar-refractivity contribution in [2.45, 2.75) is 39.7 Å². The Balaban J connectivity index is 1.87. The fourth-order valence-corrected chi connectivity index (χ4v) is 3.41. The molecule has 0 spiro atoms. The van der Waals surface area contributed by atoms with Crippen molar-refractivity contribution in [3.05, 3.63) is 21.9 Å². The molecule has 1 aromatic heterocycles. The summed E-state index contributed by atoms with van der Waals surface area (Å²) in [5.41, 5.74) is 0.559. The van der Waals surface area contributed by atoms with Crippen LogP contribution < -0.4 is 0 Å². The molecule has 2 heterocycles. The van der Waals surface area contributed by atoms with Crippen molar-refractivity contribution in [3.8, 4) is 11.8 Å². The molecule has 0 saturated carbocycles. The van der Waals surface area contributed by atoms with Gasteiger partial charge in [-0.3, -0.25) is 4.90 Å². The van der Waals surface area contributed by atoms with Crippen LogP contribution in [0, 0.1) is 17.3 Å². The van der Waals surface area contributed by atoms with Gasteiger partial charge in [0.25, 0.3) is 0 Å². The topological polar surface area (TPSA) is 23.5 Å². The summed E-state index contributed by atoms with van der Waals surface area (Å²) in [6, 6.07) is 4.22. The van der Waals surface area contributed by atoms with Gasteiger partial charge in [0.1, 0.15) is 6.61 Å². The van der Waals surface area contributed by atoms with Gasteiger partial charge in [-0.15, -0.1) is 11.3 Å². The van der Waals surface area contributed by atoms with Crippen LogP contribution in [0.4, 0.5) is 0 Å². The molecule has 2 nitrogen and oxygen atoms in total. The van der Waals surface area contributed by atoms with Gasteiger partial charge in [-0.2, -0.15) is 0 Å². The zero-order valence-electron chi connectivity index (χ0n) is 11.9. The molecule has 1 aliphatic heterocycles. The number of rotatable bonds is 3. The highest BCUT2D eigenvalue weighted by Crippen LogP contribution is 2.34. The maximum absolute atomic E-state index is 8.69. The lowest BCUT2D eigenvalue weighted by atomic mass is 9.78. The van der Waals surface area contributed by atoms with E-state index in [1.54, 1.807) is 11.3 Å². The molecular formula is C16H23NOS. The molecule has 0 aliphatic carbocycles. The summed E-state index contributed by atoms with van der Waals surface area (Å²) in [6.07, 6.45) is 3.92. The average Bonchev–Trinajstić information content (AvgIpc) is 2.87. The van der Waals surface area contributed by atoms with E-state index in [1.165, 1.54) is 37.2 Å². The highest BCUT2D eigenvalue weighted by Gasteiger charge is 2.28. The van der Waals surface area contributed by atoms with Crippen LogP contribution in [0.3, 0.4) is 0 Å². The highest BCUT2D eigenvalue weighted by atomic mass is 32.1. The number of piperidine rings is 1. The van der Waals surface area contributed by atoms with Crippen LogP contribution in [0.2, 0.25) is 0 Å². The lowest BCUT2D eigenvalue weighted by Crippen LogP contribution is -2.37. The van der Waals surface area contributed by atoms with Crippen LogP contribution in [0.25, 0.3) is 0 Å². The fourth-order valence-electron chi connectivity index (χ4n) is 2.48. The zero-order chi connectivity index (χ0) is 13.7. The lowest BCUT2D eigenvalue weighted by Gasteiger charge is -2.38. The summed E-state index contributed by atoms with van der Waals surface area (Å²) in [6.45, 7) is 8.12. The molecule has 0 atom stereocenters. The number of aliphatic hydroxyl groups excluding tert-OH is 1. The number of thiophene rings is 1. The first-order valence-electron chi connectivity index (χ1n) is 7.06. The Morgan fingerprint density at radius 3 is 2.74 bits per heavy atom. The minimum Gasteiger partial charge on any atom is -0.384 e. The minimum absolute atomic E-state index is 0.0606. The second-order valence-corrected chi connectivity index (χ2v) is 6.83. The van der Waals surface area contributed by atoms with E-state index < -0.39 is 0 Å². The summed E-state index contributed by atoms with van der Waals surface area (Å²) < 4.78 is 0. The van der Waals surface area contributed by atoms with E-state index in [9.17, 15) is 0 Å². The molecular weight excluding hydrogens is 254 g/mol. The zero-order valence-corrected chi connectivity index (χ0v) is 12.7. The van der Waals surface area contributed by atoms with Gasteiger partial charge in [0.15, 0.2) is 0 Å². The van der Waals surface area contributed by atoms with Crippen LogP contribution in [0.1, 0.15) is 42.9 Å². The molecule has 1 saturated heterocycles. The second kappa shape index (κ2) is 6.56. The van der Waals surface area contributed by atoms with E-state index in [0.29, 0.717) is 5.41 Å². The quantitative estimate of drug-likeness (QED) is 0.858. The van der Waals surface area contributed by atoms with Crippen LogP contribution in [0.5, 0.6) is 0 Å². The summed E-state index contributed by atoms with van der Waals surface area (Å²) in [4.78, 5) is 4.98. The fraction of sp³-hybridized carbons (Fsp3) is 0.625. The molecule has 0 radical (unpaired) electrons. The van der Waals surface area contributed by atoms with Gasteiger partial charge >= 0.3 is 0 Å². The van der Waals surface area contributed by atoms with Gasteiger partial charge in [-0.25, -0.2) is 0 Å². The SMILES string of the molecule is CCC1(C)CCN(Cc2ccc(C#CCO)s2)CC1. The average molecular weight is 277 g/mol. The van der Waals surface area contributed by atoms with E-state index in [1.807, 2.05) is 0 Å². The number of nitrogens with zero attached hydrogens (tertiary/aromatic N) is 1. The lowest BCUT2D eigenvalue weighted by molar-refractivity contribution is 0.110. The Morgan fingerprint density at radius 2 is 2.11 bits per heavy atom. The molecule has 2 rings (SSSR count). The summed E-state index contributed by atoms with van der Waals surface area (Å²) in [5, 5.41) is 8.69. The van der Waals surface area contributed by atoms with Crippen LogP contribution in [-0.4, -0.2) is 29.7 Å². The van der Waals surface area contributed by atoms with Gasteiger partial charge in [0, 0.05) is 11.4 Å². The summed E-state index contributed by atoms with van der Waals surface area (Å²) >= 11 is 1.75. The Morgan fingerprint density at radius 1 is 1.37 bits per heavy atom. The molecule has 0 amide bonds. The molecule has 19 heavy (non-hydrogen) atoms. The molecule has 3 heteroatoms. The second-order valence-electron chi connectivity index (χ2n) is 5.67. The van der Waals surface area contributed by atoms with Crippen LogP contribution >= 0.6 is 11.3 Å². The third-order valence-corrected chi connectivity index (χ3v) is 5.23. The van der Waals surface area contributed by atoms with Crippen molar-refractivity contribution in [2.75, 3.05) is 19.7 Å². The molecule has 0 bridgehead atoms. The number of hydrogen-bond acceptors (Lipinski definition) is 3. The van der Waals surface area contributed by atoms with Crippen molar-refractivity contribution < 1.29 is 5.11 Å². The molecule has 1 fully saturated rings. The van der Waals surface area contributed by atoms with Gasteiger partial charge in [0.2, 0.25) is 0 Å². The van der Waals surface area contributed by atoms with E-state index >= 15 is 0 Å². The molecule has 104 valence electrons. The first-order valence-corrected chi connectivity index (χ1v) is 7.88. The largest absolute Gasteiger partial charge is 0.384 e. The van der Waals surface area contributed by atoms with Gasteiger partial charge in [0.05, 0.1) is 4.88 Å². The van der Waals surface area contributed by atoms with E-state index in [0.717, 1.165) is 11.4 Å². The Labute approximate surface area is 120 Å². The Bertz CT molecular complexity index is 461. The smallest absolute Gasteiger partial charge is 0.104 e. The maximum Gasteiger partial charge on any atom is 0.104 e. The van der Waals surface area contributed by atoms with Crippen molar-refractivity contribution in [1.29, 1.82) is 0 Å². The molecule has 0 aromatic carbocycles. The standard InChI is InChI=1S/C16H23NOS/c1-3-16(2)8-10-17(11-9-16)13-15-7-6-14(19-15)5-4-12-18/h6-7,18H,3,8-13H2,1-2H3. The molecule has 1 aliphatic rings. The normalized spacial score (nSPS) is 18.9. The first kappa shape index (κ1) is 14.6. The van der Waals surface area contributed by atoms with Crippen molar-refractivity contribution in [1.82, 2.24) is 4.90 Å². The van der Waals surface area contributed by atoms with Gasteiger partial charge in [-0.1, -0.05) is 32.1 Å². The minimum atomic E-state index is -0.0606. The highest BCUT2D eigenvalue weighted by molar-refractivity contribution is 7.12. The predicted molar refractivity (Wildman–Crippen MR) is 81.2 cm³/mol. The van der Waals surface area contributed by atoms with Crippen LogP contribution in [0.15, 0.2) is 12.1 Å². The third-order valence-electron chi connectivity index (χ3n) is 4.25. The Kier molecular flexibility index (Phi) is 5.04. The number of aliphatic hydroxyl groups is 1. The van der Waals surface area contributed by atoms with Gasteiger partial charge in [-0.05, 0) is 43.5 Å². The predicted octanol–water partition coefficient (Wildman–Crippen LogP) is 3.10. The third kappa shape index (κ3) is 4.07. The molecule has 1 aromatic rings. The first-order chi connectivity index (χ1) is 9.15. The summed E-state index contributed by atoms with van der Waals surface area (Å²) in [7, 11) is 0. The van der Waals surface area contributed by atoms with Crippen LogP contribution in [-0.2, 0) is 6.54 Å². The van der Waals surface area contributed by atoms with Crippen molar-refractivity contribution in [3.63, 3.8) is 0 Å². The summed E-state index contributed by atoms with van der Waals surface area (Å²) in [5.74, 6) is 5.68. The monoisotopic (exact) mass is 277 g/mol. The Hall–Kier alpha value is -0.820. The number of hydrogen-bond donors (Lipinski definition) is 1. The maximum atomic E-state index is 8.69. The number of likely N-dealkylation sites (tertiary alicyclic amines) is 1. The van der Waals surface area contributed by atoms with Crippen molar-refractivity contribution in [2.24, 2.45) is 5.41 Å². The van der Waals surface area contributed by atoms with E-state index in [-0.39, 0.29) is 6.61 Å². The van der Waals surface area contributed by atoms with E-state index in [4.69, 9.17) is 5.11 Å².